The van der Waals surface area contributed by atoms with Crippen molar-refractivity contribution < 1.29 is 9.85 Å². The van der Waals surface area contributed by atoms with E-state index in [1.807, 2.05) is 0 Å². The number of hydrazone groups is 1. The van der Waals surface area contributed by atoms with E-state index in [0.29, 0.717) is 16.4 Å². The van der Waals surface area contributed by atoms with Crippen LogP contribution >= 0.6 is 11.6 Å². The molecule has 0 amide bonds. The van der Waals surface area contributed by atoms with E-state index in [9.17, 15) is 20.2 Å². The van der Waals surface area contributed by atoms with Crippen LogP contribution in [0.4, 0.5) is 17.1 Å². The molecule has 0 bridgehead atoms. The summed E-state index contributed by atoms with van der Waals surface area (Å²) in [7, 11) is 0. The molecule has 0 saturated heterocycles. The molecule has 3 rings (SSSR count). The van der Waals surface area contributed by atoms with Gasteiger partial charge in [-0.3, -0.25) is 25.7 Å². The highest BCUT2D eigenvalue weighted by atomic mass is 35.5. The van der Waals surface area contributed by atoms with Crippen molar-refractivity contribution in [3.05, 3.63) is 67.5 Å². The number of aromatic nitrogens is 2. The van der Waals surface area contributed by atoms with E-state index in [-0.39, 0.29) is 11.4 Å². The second-order valence-electron chi connectivity index (χ2n) is 4.87. The first-order valence-corrected chi connectivity index (χ1v) is 7.19. The van der Waals surface area contributed by atoms with Crippen LogP contribution in [0.2, 0.25) is 5.02 Å². The van der Waals surface area contributed by atoms with E-state index in [1.165, 1.54) is 12.3 Å². The molecule has 0 unspecified atom stereocenters. The van der Waals surface area contributed by atoms with Gasteiger partial charge >= 0.3 is 5.69 Å². The number of non-ortho nitro benzene ring substituents is 1. The Morgan fingerprint density at radius 3 is 2.68 bits per heavy atom. The van der Waals surface area contributed by atoms with Gasteiger partial charge in [-0.2, -0.15) is 5.10 Å². The second-order valence-corrected chi connectivity index (χ2v) is 5.31. The average Bonchev–Trinajstić information content (AvgIpc) is 2.96. The first-order valence-electron chi connectivity index (χ1n) is 6.81. The van der Waals surface area contributed by atoms with Gasteiger partial charge in [0.15, 0.2) is 5.82 Å². The molecule has 25 heavy (non-hydrogen) atoms. The standard InChI is InChI=1S/C14H9ClN6O4/c15-8-1-3-10-12(5-8)18-14(17-10)7-16-19-11-4-2-9(20(22)23)6-13(11)21(24)25/h1-7,19H,(H,17,18). The average molecular weight is 361 g/mol. The normalized spacial score (nSPS) is 11.1. The number of aromatic amines is 1. The molecular formula is C14H9ClN6O4. The molecule has 2 N–H and O–H groups in total. The van der Waals surface area contributed by atoms with Gasteiger partial charge in [-0.1, -0.05) is 11.6 Å². The van der Waals surface area contributed by atoms with Crippen LogP contribution in [0.15, 0.2) is 41.5 Å². The van der Waals surface area contributed by atoms with Gasteiger partial charge in [0, 0.05) is 11.1 Å². The summed E-state index contributed by atoms with van der Waals surface area (Å²) in [5.41, 5.74) is 3.07. The maximum absolute atomic E-state index is 11.0. The van der Waals surface area contributed by atoms with Crippen molar-refractivity contribution in [2.75, 3.05) is 5.43 Å². The van der Waals surface area contributed by atoms with Gasteiger partial charge in [-0.15, -0.1) is 0 Å². The number of nitrogens with one attached hydrogen (secondary N) is 2. The Labute approximate surface area is 144 Å². The Bertz CT molecular complexity index is 1020. The molecule has 0 aliphatic rings. The first-order chi connectivity index (χ1) is 11.9. The predicted octanol–water partition coefficient (Wildman–Crippen LogP) is 3.48. The molecule has 0 fully saturated rings. The van der Waals surface area contributed by atoms with Crippen molar-refractivity contribution in [3.8, 4) is 0 Å². The number of nitro benzene ring substituents is 2. The quantitative estimate of drug-likeness (QED) is 0.405. The van der Waals surface area contributed by atoms with Gasteiger partial charge in [0.25, 0.3) is 5.69 Å². The number of H-pyrrole nitrogens is 1. The first kappa shape index (κ1) is 16.3. The molecule has 1 aromatic heterocycles. The Kier molecular flexibility index (Phi) is 4.27. The smallest absolute Gasteiger partial charge is 0.301 e. The zero-order valence-corrected chi connectivity index (χ0v) is 13.1. The second kappa shape index (κ2) is 6.53. The molecule has 126 valence electrons. The molecule has 0 saturated carbocycles. The lowest BCUT2D eigenvalue weighted by Gasteiger charge is -2.01. The lowest BCUT2D eigenvalue weighted by Crippen LogP contribution is -1.99. The van der Waals surface area contributed by atoms with Crippen LogP contribution in [-0.4, -0.2) is 26.0 Å². The van der Waals surface area contributed by atoms with E-state index in [2.05, 4.69) is 20.5 Å². The van der Waals surface area contributed by atoms with Crippen molar-refractivity contribution in [2.45, 2.75) is 0 Å². The monoisotopic (exact) mass is 360 g/mol. The summed E-state index contributed by atoms with van der Waals surface area (Å²) in [6.45, 7) is 0. The minimum Gasteiger partial charge on any atom is -0.337 e. The van der Waals surface area contributed by atoms with Crippen molar-refractivity contribution >= 4 is 45.9 Å². The molecule has 0 atom stereocenters. The van der Waals surface area contributed by atoms with Gasteiger partial charge in [0.2, 0.25) is 0 Å². The van der Waals surface area contributed by atoms with E-state index in [4.69, 9.17) is 11.6 Å². The molecule has 11 heteroatoms. The van der Waals surface area contributed by atoms with Crippen LogP contribution in [0.25, 0.3) is 11.0 Å². The van der Waals surface area contributed by atoms with Crippen LogP contribution in [-0.2, 0) is 0 Å². The molecule has 2 aromatic carbocycles. The third-order valence-electron chi connectivity index (χ3n) is 3.22. The molecule has 1 heterocycles. The number of anilines is 1. The van der Waals surface area contributed by atoms with Crippen molar-refractivity contribution in [1.82, 2.24) is 9.97 Å². The zero-order valence-electron chi connectivity index (χ0n) is 12.3. The van der Waals surface area contributed by atoms with Gasteiger partial charge in [-0.05, 0) is 24.3 Å². The third-order valence-corrected chi connectivity index (χ3v) is 3.46. The van der Waals surface area contributed by atoms with Crippen LogP contribution in [0.3, 0.4) is 0 Å². The zero-order chi connectivity index (χ0) is 18.0. The number of nitrogens with zero attached hydrogens (tertiary/aromatic N) is 4. The van der Waals surface area contributed by atoms with Gasteiger partial charge in [-0.25, -0.2) is 4.98 Å². The summed E-state index contributed by atoms with van der Waals surface area (Å²) in [6, 6.07) is 8.36. The lowest BCUT2D eigenvalue weighted by atomic mass is 10.2. The van der Waals surface area contributed by atoms with Crippen LogP contribution in [0, 0.1) is 20.2 Å². The number of hydrogen-bond donors (Lipinski definition) is 2. The summed E-state index contributed by atoms with van der Waals surface area (Å²) in [4.78, 5) is 27.5. The van der Waals surface area contributed by atoms with Crippen LogP contribution in [0.1, 0.15) is 5.82 Å². The van der Waals surface area contributed by atoms with Gasteiger partial charge in [0.05, 0.1) is 33.2 Å². The number of hydrogen-bond acceptors (Lipinski definition) is 7. The molecular weight excluding hydrogens is 352 g/mol. The summed E-state index contributed by atoms with van der Waals surface area (Å²) in [5.74, 6) is 0.411. The minimum absolute atomic E-state index is 0.0194. The van der Waals surface area contributed by atoms with E-state index in [1.54, 1.807) is 18.2 Å². The van der Waals surface area contributed by atoms with Gasteiger partial charge in [0.1, 0.15) is 5.69 Å². The molecule has 3 aromatic rings. The SMILES string of the molecule is O=[N+]([O-])c1ccc(NN=Cc2nc3ccc(Cl)cc3[nH]2)c([N+](=O)[O-])c1. The van der Waals surface area contributed by atoms with E-state index >= 15 is 0 Å². The summed E-state index contributed by atoms with van der Waals surface area (Å²) >= 11 is 5.89. The van der Waals surface area contributed by atoms with Gasteiger partial charge < -0.3 is 4.98 Å². The maximum Gasteiger partial charge on any atom is 0.301 e. The largest absolute Gasteiger partial charge is 0.337 e. The third kappa shape index (κ3) is 3.53. The maximum atomic E-state index is 11.0. The summed E-state index contributed by atoms with van der Waals surface area (Å²) in [6.07, 6.45) is 1.33. The number of fused-ring (bicyclic) bond motifs is 1. The molecule has 10 nitrogen and oxygen atoms in total. The highest BCUT2D eigenvalue weighted by Crippen LogP contribution is 2.28. The Balaban J connectivity index is 1.83. The van der Waals surface area contributed by atoms with Crippen LogP contribution in [0.5, 0.6) is 0 Å². The molecule has 0 aliphatic carbocycles. The van der Waals surface area contributed by atoms with Crippen molar-refractivity contribution in [2.24, 2.45) is 5.10 Å². The van der Waals surface area contributed by atoms with E-state index in [0.717, 1.165) is 17.6 Å². The Hall–Kier alpha value is -3.53. The fourth-order valence-electron chi connectivity index (χ4n) is 2.10. The Morgan fingerprint density at radius 1 is 1.16 bits per heavy atom. The number of rotatable bonds is 5. The van der Waals surface area contributed by atoms with Crippen molar-refractivity contribution in [1.29, 1.82) is 0 Å². The number of halogens is 1. The summed E-state index contributed by atoms with van der Waals surface area (Å²) in [5, 5.41) is 26.2. The predicted molar refractivity (Wildman–Crippen MR) is 92.1 cm³/mol. The number of nitro groups is 2. The fraction of sp³-hybridized carbons (Fsp3) is 0. The molecule has 0 aliphatic heterocycles. The molecule has 0 radical (unpaired) electrons. The Morgan fingerprint density at radius 2 is 1.96 bits per heavy atom. The topological polar surface area (TPSA) is 139 Å². The summed E-state index contributed by atoms with van der Waals surface area (Å²) < 4.78 is 0. The highest BCUT2D eigenvalue weighted by molar-refractivity contribution is 6.31. The number of imidazole rings is 1. The van der Waals surface area contributed by atoms with E-state index < -0.39 is 15.5 Å². The van der Waals surface area contributed by atoms with Crippen LogP contribution < -0.4 is 5.43 Å². The fourth-order valence-corrected chi connectivity index (χ4v) is 2.28. The highest BCUT2D eigenvalue weighted by Gasteiger charge is 2.19. The molecule has 0 spiro atoms. The number of benzene rings is 2. The lowest BCUT2D eigenvalue weighted by molar-refractivity contribution is -0.393. The van der Waals surface area contributed by atoms with Crippen molar-refractivity contribution in [3.63, 3.8) is 0 Å². The minimum atomic E-state index is -0.728.